The molecule has 2 aromatic rings. The van der Waals surface area contributed by atoms with Crippen molar-refractivity contribution in [2.75, 3.05) is 12.4 Å². The number of pyridine rings is 1. The van der Waals surface area contributed by atoms with E-state index >= 15 is 0 Å². The Hall–Kier alpha value is -2.43. The van der Waals surface area contributed by atoms with Crippen LogP contribution in [-0.2, 0) is 0 Å². The normalized spacial score (nSPS) is 9.89. The zero-order valence-electron chi connectivity index (χ0n) is 9.68. The number of amides is 1. The second-order valence-electron chi connectivity index (χ2n) is 3.52. The minimum absolute atomic E-state index is 0.237. The summed E-state index contributed by atoms with van der Waals surface area (Å²) in [4.78, 5) is 15.8. The zero-order chi connectivity index (χ0) is 13.0. The number of aromatic nitrogens is 1. The second kappa shape index (κ2) is 5.27. The molecule has 0 aliphatic heterocycles. The molecule has 0 aliphatic rings. The number of carbonyl (C=O) groups is 1. The first kappa shape index (κ1) is 12.0. The number of halogens is 1. The Morgan fingerprint density at radius 1 is 1.33 bits per heavy atom. The van der Waals surface area contributed by atoms with Crippen LogP contribution < -0.4 is 10.1 Å². The van der Waals surface area contributed by atoms with E-state index in [1.54, 1.807) is 18.3 Å². The number of hydrogen-bond donors (Lipinski definition) is 1. The number of hydrogen-bond acceptors (Lipinski definition) is 3. The highest BCUT2D eigenvalue weighted by atomic mass is 19.1. The van der Waals surface area contributed by atoms with E-state index in [1.807, 2.05) is 0 Å². The first-order valence-electron chi connectivity index (χ1n) is 5.26. The molecule has 0 radical (unpaired) electrons. The van der Waals surface area contributed by atoms with E-state index < -0.39 is 11.7 Å². The quantitative estimate of drug-likeness (QED) is 0.905. The van der Waals surface area contributed by atoms with Crippen molar-refractivity contribution in [3.8, 4) is 5.88 Å². The van der Waals surface area contributed by atoms with Crippen LogP contribution >= 0.6 is 0 Å². The van der Waals surface area contributed by atoms with Gasteiger partial charge in [-0.2, -0.15) is 0 Å². The average Bonchev–Trinajstić information content (AvgIpc) is 2.39. The predicted octanol–water partition coefficient (Wildman–Crippen LogP) is 2.48. The first-order valence-corrected chi connectivity index (χ1v) is 5.26. The van der Waals surface area contributed by atoms with Gasteiger partial charge in [-0.05, 0) is 30.3 Å². The lowest BCUT2D eigenvalue weighted by atomic mass is 10.2. The van der Waals surface area contributed by atoms with Crippen molar-refractivity contribution in [3.63, 3.8) is 0 Å². The van der Waals surface area contributed by atoms with Gasteiger partial charge in [0, 0.05) is 11.8 Å². The third-order valence-electron chi connectivity index (χ3n) is 2.30. The van der Waals surface area contributed by atoms with Crippen LogP contribution in [0.3, 0.4) is 0 Å². The molecule has 0 saturated carbocycles. The lowest BCUT2D eigenvalue weighted by molar-refractivity contribution is 0.102. The van der Waals surface area contributed by atoms with Gasteiger partial charge in [0.05, 0.1) is 7.11 Å². The van der Waals surface area contributed by atoms with E-state index in [0.29, 0.717) is 11.6 Å². The number of ether oxygens (including phenoxy) is 1. The van der Waals surface area contributed by atoms with Gasteiger partial charge in [0.1, 0.15) is 11.5 Å². The third-order valence-corrected chi connectivity index (χ3v) is 2.30. The molecular formula is C13H11FN2O2. The van der Waals surface area contributed by atoms with Gasteiger partial charge in [-0.25, -0.2) is 9.37 Å². The Bertz CT molecular complexity index is 572. The third kappa shape index (κ3) is 2.63. The van der Waals surface area contributed by atoms with E-state index in [4.69, 9.17) is 4.74 Å². The number of methoxy groups -OCH3 is 1. The molecule has 1 heterocycles. The Kier molecular flexibility index (Phi) is 3.52. The largest absolute Gasteiger partial charge is 0.480 e. The highest BCUT2D eigenvalue weighted by molar-refractivity contribution is 6.04. The molecule has 0 unspecified atom stereocenters. The number of nitrogens with zero attached hydrogens (tertiary/aromatic N) is 1. The zero-order valence-corrected chi connectivity index (χ0v) is 9.68. The molecule has 0 saturated heterocycles. The fraction of sp³-hybridized carbons (Fsp3) is 0.0769. The van der Waals surface area contributed by atoms with Crippen molar-refractivity contribution in [3.05, 3.63) is 54.0 Å². The number of nitrogens with one attached hydrogen (secondary N) is 1. The highest BCUT2D eigenvalue weighted by Crippen LogP contribution is 2.20. The Labute approximate surface area is 103 Å². The van der Waals surface area contributed by atoms with Gasteiger partial charge in [0.15, 0.2) is 0 Å². The van der Waals surface area contributed by atoms with E-state index in [9.17, 15) is 9.18 Å². The average molecular weight is 246 g/mol. The summed E-state index contributed by atoms with van der Waals surface area (Å²) in [6, 6.07) is 8.78. The topological polar surface area (TPSA) is 51.2 Å². The molecule has 92 valence electrons. The van der Waals surface area contributed by atoms with Crippen LogP contribution in [-0.4, -0.2) is 18.0 Å². The Balaban J connectivity index is 2.21. The minimum atomic E-state index is -0.458. The molecular weight excluding hydrogens is 235 g/mol. The van der Waals surface area contributed by atoms with Crippen molar-refractivity contribution in [1.29, 1.82) is 0 Å². The van der Waals surface area contributed by atoms with Gasteiger partial charge in [0.25, 0.3) is 5.91 Å². The summed E-state index contributed by atoms with van der Waals surface area (Å²) in [6.45, 7) is 0. The van der Waals surface area contributed by atoms with Gasteiger partial charge in [0.2, 0.25) is 5.88 Å². The van der Waals surface area contributed by atoms with Crippen molar-refractivity contribution < 1.29 is 13.9 Å². The van der Waals surface area contributed by atoms with Crippen molar-refractivity contribution in [2.24, 2.45) is 0 Å². The standard InChI is InChI=1S/C13H11FN2O2/c1-18-13-11(6-3-7-15-13)16-12(17)9-4-2-5-10(14)8-9/h2-8H,1H3,(H,16,17). The van der Waals surface area contributed by atoms with Crippen molar-refractivity contribution in [1.82, 2.24) is 4.98 Å². The summed E-state index contributed by atoms with van der Waals surface area (Å²) >= 11 is 0. The van der Waals surface area contributed by atoms with Crippen molar-refractivity contribution >= 4 is 11.6 Å². The molecule has 1 aromatic carbocycles. The van der Waals surface area contributed by atoms with Crippen LogP contribution in [0.1, 0.15) is 10.4 Å². The number of rotatable bonds is 3. The molecule has 1 amide bonds. The first-order chi connectivity index (χ1) is 8.70. The lowest BCUT2D eigenvalue weighted by Gasteiger charge is -2.08. The molecule has 1 N–H and O–H groups in total. The smallest absolute Gasteiger partial charge is 0.255 e. The predicted molar refractivity (Wildman–Crippen MR) is 65.1 cm³/mol. The SMILES string of the molecule is COc1ncccc1NC(=O)c1cccc(F)c1. The molecule has 4 nitrogen and oxygen atoms in total. The van der Waals surface area contributed by atoms with Crippen molar-refractivity contribution in [2.45, 2.75) is 0 Å². The maximum Gasteiger partial charge on any atom is 0.255 e. The minimum Gasteiger partial charge on any atom is -0.480 e. The fourth-order valence-electron chi connectivity index (χ4n) is 1.47. The summed E-state index contributed by atoms with van der Waals surface area (Å²) in [6.07, 6.45) is 1.55. The molecule has 1 aromatic heterocycles. The van der Waals surface area contributed by atoms with Crippen LogP contribution in [0.15, 0.2) is 42.6 Å². The lowest BCUT2D eigenvalue weighted by Crippen LogP contribution is -2.13. The summed E-state index contributed by atoms with van der Waals surface area (Å²) in [5.41, 5.74) is 0.676. The monoisotopic (exact) mass is 246 g/mol. The van der Waals surface area contributed by atoms with Crippen LogP contribution in [0, 0.1) is 5.82 Å². The van der Waals surface area contributed by atoms with Crippen LogP contribution in [0.25, 0.3) is 0 Å². The summed E-state index contributed by atoms with van der Waals surface area (Å²) in [5.74, 6) is -0.566. The molecule has 0 bridgehead atoms. The van der Waals surface area contributed by atoms with E-state index in [-0.39, 0.29) is 5.56 Å². The summed E-state index contributed by atoms with van der Waals surface area (Å²) in [7, 11) is 1.46. The van der Waals surface area contributed by atoms with E-state index in [0.717, 1.165) is 6.07 Å². The highest BCUT2D eigenvalue weighted by Gasteiger charge is 2.10. The van der Waals surface area contributed by atoms with E-state index in [1.165, 1.54) is 25.3 Å². The molecule has 0 aliphatic carbocycles. The number of anilines is 1. The van der Waals surface area contributed by atoms with Crippen LogP contribution in [0.2, 0.25) is 0 Å². The molecule has 0 spiro atoms. The molecule has 2 rings (SSSR count). The molecule has 0 atom stereocenters. The molecule has 5 heteroatoms. The maximum atomic E-state index is 13.0. The second-order valence-corrected chi connectivity index (χ2v) is 3.52. The van der Waals surface area contributed by atoms with Gasteiger partial charge in [-0.1, -0.05) is 6.07 Å². The Morgan fingerprint density at radius 2 is 2.17 bits per heavy atom. The number of carbonyl (C=O) groups excluding carboxylic acids is 1. The van der Waals surface area contributed by atoms with Crippen LogP contribution in [0.5, 0.6) is 5.88 Å². The van der Waals surface area contributed by atoms with E-state index in [2.05, 4.69) is 10.3 Å². The van der Waals surface area contributed by atoms with Crippen LogP contribution in [0.4, 0.5) is 10.1 Å². The number of benzene rings is 1. The van der Waals surface area contributed by atoms with Gasteiger partial charge in [-0.15, -0.1) is 0 Å². The Morgan fingerprint density at radius 3 is 2.89 bits per heavy atom. The summed E-state index contributed by atoms with van der Waals surface area (Å²) in [5, 5.41) is 2.61. The van der Waals surface area contributed by atoms with Gasteiger partial charge >= 0.3 is 0 Å². The van der Waals surface area contributed by atoms with Gasteiger partial charge < -0.3 is 10.1 Å². The van der Waals surface area contributed by atoms with Gasteiger partial charge in [-0.3, -0.25) is 4.79 Å². The fourth-order valence-corrected chi connectivity index (χ4v) is 1.47. The molecule has 18 heavy (non-hydrogen) atoms. The summed E-state index contributed by atoms with van der Waals surface area (Å²) < 4.78 is 18.0. The maximum absolute atomic E-state index is 13.0. The molecule has 0 fully saturated rings.